The lowest BCUT2D eigenvalue weighted by molar-refractivity contribution is 0.477. The lowest BCUT2D eigenvalue weighted by atomic mass is 10.0. The van der Waals surface area contributed by atoms with Crippen LogP contribution in [-0.2, 0) is 0 Å². The molecule has 1 aliphatic rings. The van der Waals surface area contributed by atoms with Crippen molar-refractivity contribution in [2.24, 2.45) is 0 Å². The van der Waals surface area contributed by atoms with Gasteiger partial charge in [0.05, 0.1) is 22.4 Å². The van der Waals surface area contributed by atoms with Crippen LogP contribution >= 0.6 is 0 Å². The standard InChI is InChI=1S/C50H30N2O2/c1-2-10-36(11-3-1)51-45-15-7-9-17-48(45)53-49-30-33(21-25-46(49)51)32-20-24-44-42(28-32)38-12-4-6-14-43(38)52(44)37-22-18-31-26-34-19-23-40-39-13-5-8-16-47(39)54-50(40)41(34)29-35(31)27-37/h1-30H. The van der Waals surface area contributed by atoms with E-state index in [0.29, 0.717) is 0 Å². The van der Waals surface area contributed by atoms with E-state index in [9.17, 15) is 0 Å². The lowest BCUT2D eigenvalue weighted by Crippen LogP contribution is -2.15. The molecular weight excluding hydrogens is 661 g/mol. The number of fused-ring (bicyclic) bond motifs is 11. The van der Waals surface area contributed by atoms with Crippen molar-refractivity contribution < 1.29 is 9.15 Å². The summed E-state index contributed by atoms with van der Waals surface area (Å²) in [7, 11) is 0. The van der Waals surface area contributed by atoms with E-state index in [2.05, 4.69) is 161 Å². The van der Waals surface area contributed by atoms with Crippen LogP contribution in [0.4, 0.5) is 17.1 Å². The topological polar surface area (TPSA) is 30.5 Å². The Balaban J connectivity index is 0.996. The van der Waals surface area contributed by atoms with Crippen molar-refractivity contribution in [2.75, 3.05) is 4.90 Å². The third kappa shape index (κ3) is 4.25. The van der Waals surface area contributed by atoms with Crippen LogP contribution in [0, 0.1) is 0 Å². The van der Waals surface area contributed by atoms with Crippen LogP contribution in [0.2, 0.25) is 0 Å². The van der Waals surface area contributed by atoms with E-state index in [1.54, 1.807) is 0 Å². The fraction of sp³-hybridized carbons (Fsp3) is 0. The van der Waals surface area contributed by atoms with Crippen LogP contribution in [0.15, 0.2) is 186 Å². The quantitative estimate of drug-likeness (QED) is 0.173. The molecule has 0 N–H and O–H groups in total. The van der Waals surface area contributed by atoms with Crippen molar-refractivity contribution in [3.63, 3.8) is 0 Å². The first kappa shape index (κ1) is 29.3. The van der Waals surface area contributed by atoms with Crippen LogP contribution in [0.25, 0.3) is 82.1 Å². The summed E-state index contributed by atoms with van der Waals surface area (Å²) in [6.45, 7) is 0. The summed E-state index contributed by atoms with van der Waals surface area (Å²) >= 11 is 0. The van der Waals surface area contributed by atoms with Gasteiger partial charge in [0, 0.05) is 38.3 Å². The van der Waals surface area contributed by atoms with Gasteiger partial charge in [-0.05, 0) is 118 Å². The van der Waals surface area contributed by atoms with E-state index in [1.807, 2.05) is 30.3 Å². The van der Waals surface area contributed by atoms with Crippen LogP contribution in [0.3, 0.4) is 0 Å². The molecule has 0 aliphatic carbocycles. The summed E-state index contributed by atoms with van der Waals surface area (Å²) in [5.74, 6) is 1.68. The van der Waals surface area contributed by atoms with Gasteiger partial charge in [-0.25, -0.2) is 0 Å². The average molecular weight is 691 g/mol. The monoisotopic (exact) mass is 690 g/mol. The third-order valence-electron chi connectivity index (χ3n) is 11.1. The van der Waals surface area contributed by atoms with Crippen molar-refractivity contribution in [2.45, 2.75) is 0 Å². The average Bonchev–Trinajstić information content (AvgIpc) is 3.78. The van der Waals surface area contributed by atoms with E-state index >= 15 is 0 Å². The molecule has 0 bridgehead atoms. The van der Waals surface area contributed by atoms with Gasteiger partial charge in [0.25, 0.3) is 0 Å². The number of hydrogen-bond donors (Lipinski definition) is 0. The highest BCUT2D eigenvalue weighted by Crippen LogP contribution is 2.51. The summed E-state index contributed by atoms with van der Waals surface area (Å²) in [6.07, 6.45) is 0. The predicted molar refractivity (Wildman–Crippen MR) is 223 cm³/mol. The Morgan fingerprint density at radius 3 is 2.06 bits per heavy atom. The van der Waals surface area contributed by atoms with Crippen molar-refractivity contribution in [3.8, 4) is 28.3 Å². The van der Waals surface area contributed by atoms with Gasteiger partial charge in [0.2, 0.25) is 0 Å². The van der Waals surface area contributed by atoms with Crippen molar-refractivity contribution >= 4 is 82.4 Å². The Bertz CT molecular complexity index is 3320. The van der Waals surface area contributed by atoms with Gasteiger partial charge in [0.15, 0.2) is 11.5 Å². The predicted octanol–water partition coefficient (Wildman–Crippen LogP) is 14.2. The Kier molecular flexibility index (Phi) is 6.02. The molecule has 9 aromatic carbocycles. The Hall–Kier alpha value is -7.30. The molecule has 0 saturated carbocycles. The minimum Gasteiger partial charge on any atom is -0.455 e. The number of benzene rings is 9. The highest BCUT2D eigenvalue weighted by Gasteiger charge is 2.26. The minimum absolute atomic E-state index is 0.834. The summed E-state index contributed by atoms with van der Waals surface area (Å²) in [4.78, 5) is 2.28. The van der Waals surface area contributed by atoms with E-state index in [-0.39, 0.29) is 0 Å². The van der Waals surface area contributed by atoms with Gasteiger partial charge in [-0.15, -0.1) is 0 Å². The maximum atomic E-state index is 6.56. The summed E-state index contributed by atoms with van der Waals surface area (Å²) < 4.78 is 15.4. The second-order valence-corrected chi connectivity index (χ2v) is 14.2. The lowest BCUT2D eigenvalue weighted by Gasteiger charge is -2.33. The molecule has 0 radical (unpaired) electrons. The molecule has 0 fully saturated rings. The Morgan fingerprint density at radius 1 is 0.370 bits per heavy atom. The molecule has 11 aromatic rings. The van der Waals surface area contributed by atoms with E-state index < -0.39 is 0 Å². The molecule has 0 spiro atoms. The molecule has 0 atom stereocenters. The first-order valence-corrected chi connectivity index (χ1v) is 18.3. The van der Waals surface area contributed by atoms with Gasteiger partial charge in [-0.1, -0.05) is 91.0 Å². The zero-order valence-corrected chi connectivity index (χ0v) is 29.0. The molecular formula is C50H30N2O2. The van der Waals surface area contributed by atoms with Crippen molar-refractivity contribution in [1.82, 2.24) is 4.57 Å². The molecule has 0 unspecified atom stereocenters. The highest BCUT2D eigenvalue weighted by atomic mass is 16.5. The molecule has 4 nitrogen and oxygen atoms in total. The largest absolute Gasteiger partial charge is 0.455 e. The van der Waals surface area contributed by atoms with Crippen LogP contribution in [-0.4, -0.2) is 4.57 Å². The Labute approximate surface area is 310 Å². The van der Waals surface area contributed by atoms with E-state index in [4.69, 9.17) is 9.15 Å². The van der Waals surface area contributed by atoms with E-state index in [0.717, 1.165) is 78.2 Å². The van der Waals surface area contributed by atoms with Crippen LogP contribution < -0.4 is 9.64 Å². The maximum absolute atomic E-state index is 6.56. The number of hydrogen-bond acceptors (Lipinski definition) is 3. The number of aromatic nitrogens is 1. The highest BCUT2D eigenvalue weighted by molar-refractivity contribution is 6.17. The van der Waals surface area contributed by atoms with Crippen LogP contribution in [0.5, 0.6) is 11.5 Å². The number of nitrogens with zero attached hydrogens (tertiary/aromatic N) is 2. The fourth-order valence-electron chi connectivity index (χ4n) is 8.60. The zero-order valence-electron chi connectivity index (χ0n) is 29.0. The van der Waals surface area contributed by atoms with Crippen LogP contribution in [0.1, 0.15) is 0 Å². The summed E-state index contributed by atoms with van der Waals surface area (Å²) in [5.41, 5.74) is 10.7. The third-order valence-corrected chi connectivity index (χ3v) is 11.1. The van der Waals surface area contributed by atoms with Crippen molar-refractivity contribution in [1.29, 1.82) is 0 Å². The number of ether oxygens (including phenoxy) is 1. The summed E-state index contributed by atoms with van der Waals surface area (Å²) in [6, 6.07) is 64.9. The number of anilines is 3. The molecule has 4 heteroatoms. The molecule has 0 amide bonds. The first-order valence-electron chi connectivity index (χ1n) is 18.3. The molecule has 1 aliphatic heterocycles. The second-order valence-electron chi connectivity index (χ2n) is 14.2. The maximum Gasteiger partial charge on any atom is 0.152 e. The number of para-hydroxylation sites is 5. The van der Waals surface area contributed by atoms with Gasteiger partial charge in [-0.3, -0.25) is 0 Å². The first-order chi connectivity index (χ1) is 26.7. The zero-order chi connectivity index (χ0) is 35.3. The minimum atomic E-state index is 0.834. The van der Waals surface area contributed by atoms with E-state index in [1.165, 1.54) is 32.4 Å². The number of furan rings is 1. The second kappa shape index (κ2) is 11.1. The van der Waals surface area contributed by atoms with Gasteiger partial charge < -0.3 is 18.6 Å². The normalized spacial score (nSPS) is 12.6. The molecule has 12 rings (SSSR count). The summed E-state index contributed by atoms with van der Waals surface area (Å²) in [5, 5.41) is 9.41. The molecule has 252 valence electrons. The molecule has 3 heterocycles. The van der Waals surface area contributed by atoms with Gasteiger partial charge in [-0.2, -0.15) is 0 Å². The Morgan fingerprint density at radius 2 is 1.11 bits per heavy atom. The number of rotatable bonds is 3. The molecule has 54 heavy (non-hydrogen) atoms. The molecule has 2 aromatic heterocycles. The fourth-order valence-corrected chi connectivity index (χ4v) is 8.60. The smallest absolute Gasteiger partial charge is 0.152 e. The van der Waals surface area contributed by atoms with Gasteiger partial charge in [0.1, 0.15) is 11.2 Å². The molecule has 0 saturated heterocycles. The van der Waals surface area contributed by atoms with Gasteiger partial charge >= 0.3 is 0 Å². The SMILES string of the molecule is c1ccc(N2c3ccccc3Oc3cc(-c4ccc5c(c4)c4ccccc4n5-c4ccc5cc6ccc7c8ccccc8oc7c6cc5c4)ccc32)cc1. The van der Waals surface area contributed by atoms with Crippen molar-refractivity contribution in [3.05, 3.63) is 182 Å².